The Morgan fingerprint density at radius 2 is 1.44 bits per heavy atom. The van der Waals surface area contributed by atoms with Gasteiger partial charge < -0.3 is 17.2 Å². The van der Waals surface area contributed by atoms with Crippen LogP contribution in [0.3, 0.4) is 0 Å². The number of anilines is 2. The highest BCUT2D eigenvalue weighted by Crippen LogP contribution is 2.67. The predicted octanol–water partition coefficient (Wildman–Crippen LogP) is 15.8. The quantitative estimate of drug-likeness (QED) is 0.119. The monoisotopic (exact) mass is 760 g/mol. The van der Waals surface area contributed by atoms with Crippen LogP contribution in [0.15, 0.2) is 60.4 Å². The Bertz CT molecular complexity index is 1280. The van der Waals surface area contributed by atoms with E-state index < -0.39 is 0 Å². The van der Waals surface area contributed by atoms with Crippen LogP contribution in [0.4, 0.5) is 11.4 Å². The van der Waals surface area contributed by atoms with Crippen molar-refractivity contribution in [3.8, 4) is 0 Å². The number of unbranched alkanes of at least 4 members (excludes halogenated alkanes) is 2. The fraction of sp³-hybridized carbons (Fsp3) is 0.731. The topological polar surface area (TPSA) is 78.1 Å². The minimum Gasteiger partial charge on any atom is -0.403 e. The zero-order valence-electron chi connectivity index (χ0n) is 38.8. The van der Waals surface area contributed by atoms with E-state index in [0.717, 1.165) is 65.0 Å². The molecule has 316 valence electrons. The molecule has 1 aromatic carbocycles. The zero-order chi connectivity index (χ0) is 41.8. The minimum atomic E-state index is 0.605. The average Bonchev–Trinajstić information content (AvgIpc) is 3.49. The van der Waals surface area contributed by atoms with Crippen molar-refractivity contribution in [2.24, 2.45) is 63.9 Å². The van der Waals surface area contributed by atoms with Crippen molar-refractivity contribution in [3.05, 3.63) is 65.9 Å². The summed E-state index contributed by atoms with van der Waals surface area (Å²) in [7, 11) is 0. The van der Waals surface area contributed by atoms with Crippen molar-refractivity contribution < 1.29 is 0 Å². The smallest absolute Gasteiger partial charge is 0.0340 e. The summed E-state index contributed by atoms with van der Waals surface area (Å²) in [5, 5.41) is 0. The Morgan fingerprint density at radius 3 is 1.95 bits per heavy atom. The molecule has 1 aromatic rings. The van der Waals surface area contributed by atoms with Crippen LogP contribution in [0.25, 0.3) is 6.08 Å². The third kappa shape index (κ3) is 15.8. The highest BCUT2D eigenvalue weighted by molar-refractivity contribution is 5.62. The van der Waals surface area contributed by atoms with Gasteiger partial charge in [0.05, 0.1) is 0 Å². The molecular weight excluding hydrogens is 667 g/mol. The summed E-state index contributed by atoms with van der Waals surface area (Å²) in [6, 6.07) is 5.36. The highest BCUT2D eigenvalue weighted by atomic mass is 14.6. The van der Waals surface area contributed by atoms with E-state index in [-0.39, 0.29) is 0 Å². The van der Waals surface area contributed by atoms with Crippen LogP contribution in [0, 0.1) is 58.2 Å². The SMILES string of the molecule is C=Cc1cc(N)cc(N)c1.CC.CC/C=C(\C)N.CCC1CCC2(C)C(C=CC3C2CCC2(C)C(C(C)CCCC(C)C)CCC32)C1.CCCCC=C(C)C. The Balaban J connectivity index is 0.000000474. The lowest BCUT2D eigenvalue weighted by Crippen LogP contribution is -2.52. The zero-order valence-corrected chi connectivity index (χ0v) is 38.8. The third-order valence-electron chi connectivity index (χ3n) is 13.9. The second kappa shape index (κ2) is 25.8. The summed E-state index contributed by atoms with van der Waals surface area (Å²) >= 11 is 0. The molecule has 55 heavy (non-hydrogen) atoms. The molecule has 0 radical (unpaired) electrons. The first-order chi connectivity index (χ1) is 26.1. The molecule has 9 atom stereocenters. The van der Waals surface area contributed by atoms with Crippen LogP contribution in [0.1, 0.15) is 192 Å². The molecule has 0 saturated heterocycles. The number of fused-ring (bicyclic) bond motifs is 5. The van der Waals surface area contributed by atoms with Crippen LogP contribution in [0.2, 0.25) is 0 Å². The van der Waals surface area contributed by atoms with E-state index in [9.17, 15) is 0 Å². The number of nitrogens with two attached hydrogens (primary N) is 3. The van der Waals surface area contributed by atoms with Gasteiger partial charge >= 0.3 is 0 Å². The van der Waals surface area contributed by atoms with Gasteiger partial charge in [-0.3, -0.25) is 0 Å². The summed E-state index contributed by atoms with van der Waals surface area (Å²) < 4.78 is 0. The lowest BCUT2D eigenvalue weighted by molar-refractivity contribution is -0.0714. The summed E-state index contributed by atoms with van der Waals surface area (Å²) in [5.74, 6) is 7.48. The van der Waals surface area contributed by atoms with Gasteiger partial charge in [-0.2, -0.15) is 0 Å². The molecule has 0 aliphatic heterocycles. The maximum absolute atomic E-state index is 5.51. The van der Waals surface area contributed by atoms with Crippen LogP contribution in [-0.2, 0) is 0 Å². The van der Waals surface area contributed by atoms with Gasteiger partial charge in [-0.1, -0.05) is 150 Å². The number of nitrogen functional groups attached to an aromatic ring is 2. The fourth-order valence-electron chi connectivity index (χ4n) is 10.8. The van der Waals surface area contributed by atoms with Crippen LogP contribution < -0.4 is 17.2 Å². The molecule has 3 nitrogen and oxygen atoms in total. The predicted molar refractivity (Wildman–Crippen MR) is 251 cm³/mol. The van der Waals surface area contributed by atoms with E-state index in [0.29, 0.717) is 22.2 Å². The van der Waals surface area contributed by atoms with Gasteiger partial charge in [0.2, 0.25) is 0 Å². The van der Waals surface area contributed by atoms with Gasteiger partial charge in [-0.05, 0) is 160 Å². The maximum atomic E-state index is 5.51. The van der Waals surface area contributed by atoms with Crippen LogP contribution in [-0.4, -0.2) is 0 Å². The Hall–Kier alpha value is -2.42. The lowest BCUT2D eigenvalue weighted by Gasteiger charge is -2.59. The molecular formula is C52H93N3. The molecule has 4 aliphatic carbocycles. The number of benzene rings is 1. The van der Waals surface area contributed by atoms with Crippen molar-refractivity contribution in [2.45, 2.75) is 186 Å². The van der Waals surface area contributed by atoms with Gasteiger partial charge in [0.1, 0.15) is 0 Å². The molecule has 0 amide bonds. The first-order valence-corrected chi connectivity index (χ1v) is 23.1. The fourth-order valence-corrected chi connectivity index (χ4v) is 10.8. The molecule has 5 rings (SSSR count). The largest absolute Gasteiger partial charge is 0.403 e. The van der Waals surface area contributed by atoms with E-state index in [1.54, 1.807) is 12.1 Å². The summed E-state index contributed by atoms with van der Waals surface area (Å²) in [5.41, 5.74) is 22.2. The van der Waals surface area contributed by atoms with Gasteiger partial charge in [0.25, 0.3) is 0 Å². The second-order valence-electron chi connectivity index (χ2n) is 18.8. The van der Waals surface area contributed by atoms with Gasteiger partial charge in [0.15, 0.2) is 0 Å². The maximum Gasteiger partial charge on any atom is 0.0340 e. The van der Waals surface area contributed by atoms with Gasteiger partial charge in [-0.15, -0.1) is 0 Å². The standard InChI is InChI=1S/C29H50.C8H10N2.C8H16.C5H11N.C2H6/c1-7-22-15-17-28(5)23(19-22)11-12-24-26-14-13-25(21(4)10-8-9-20(2)3)29(26,6)18-16-27(24)28;1-2-6-3-7(9)5-8(10)4-6;1-4-5-6-7-8(2)3;1-3-4-5(2)6;1-2/h11-12,20-27H,7-10,13-19H2,1-6H3;2-5H,1,9-10H2;7H,4-6H2,1-3H3;4H,3,6H2,1-2H3;1-2H3/b;;;5-4+;. The van der Waals surface area contributed by atoms with Gasteiger partial charge in [-0.25, -0.2) is 0 Å². The molecule has 0 spiro atoms. The lowest BCUT2D eigenvalue weighted by atomic mass is 9.45. The molecule has 3 saturated carbocycles. The molecule has 9 unspecified atom stereocenters. The highest BCUT2D eigenvalue weighted by Gasteiger charge is 2.59. The number of allylic oxidation sites excluding steroid dienone is 6. The van der Waals surface area contributed by atoms with Gasteiger partial charge in [0, 0.05) is 17.1 Å². The number of hydrogen-bond acceptors (Lipinski definition) is 3. The molecule has 0 aromatic heterocycles. The summed E-state index contributed by atoms with van der Waals surface area (Å²) in [4.78, 5) is 0. The Labute approximate surface area is 343 Å². The van der Waals surface area contributed by atoms with E-state index >= 15 is 0 Å². The normalized spacial score (nSPS) is 29.5. The van der Waals surface area contributed by atoms with Crippen molar-refractivity contribution in [2.75, 3.05) is 11.5 Å². The molecule has 4 aliphatic rings. The third-order valence-corrected chi connectivity index (χ3v) is 13.9. The molecule has 0 heterocycles. The minimum absolute atomic E-state index is 0.605. The van der Waals surface area contributed by atoms with E-state index in [4.69, 9.17) is 17.2 Å². The average molecular weight is 760 g/mol. The number of rotatable bonds is 11. The Morgan fingerprint density at radius 1 is 0.818 bits per heavy atom. The van der Waals surface area contributed by atoms with Crippen LogP contribution >= 0.6 is 0 Å². The molecule has 3 heteroatoms. The molecule has 3 fully saturated rings. The molecule has 6 N–H and O–H groups in total. The van der Waals surface area contributed by atoms with Crippen molar-refractivity contribution in [1.29, 1.82) is 0 Å². The first-order valence-electron chi connectivity index (χ1n) is 23.1. The van der Waals surface area contributed by atoms with E-state index in [1.165, 1.54) is 95.5 Å². The Kier molecular flexibility index (Phi) is 23.7. The van der Waals surface area contributed by atoms with E-state index in [2.05, 4.69) is 94.0 Å². The van der Waals surface area contributed by atoms with Crippen molar-refractivity contribution >= 4 is 17.5 Å². The van der Waals surface area contributed by atoms with Crippen LogP contribution in [0.5, 0.6) is 0 Å². The van der Waals surface area contributed by atoms with E-state index in [1.807, 2.05) is 39.0 Å². The first kappa shape index (κ1) is 50.6. The number of hydrogen-bond donors (Lipinski definition) is 3. The van der Waals surface area contributed by atoms with Crippen molar-refractivity contribution in [1.82, 2.24) is 0 Å². The summed E-state index contributed by atoms with van der Waals surface area (Å²) in [6.07, 6.45) is 32.7. The summed E-state index contributed by atoms with van der Waals surface area (Å²) in [6.45, 7) is 33.3. The second-order valence-corrected chi connectivity index (χ2v) is 18.8. The molecule has 0 bridgehead atoms. The van der Waals surface area contributed by atoms with Crippen molar-refractivity contribution in [3.63, 3.8) is 0 Å².